The Kier molecular flexibility index (Phi) is 7.61. The second kappa shape index (κ2) is 10.8. The van der Waals surface area contributed by atoms with E-state index in [-0.39, 0.29) is 31.6 Å². The number of hydrogen-bond acceptors (Lipinski definition) is 7. The number of ether oxygens (including phenoxy) is 1. The van der Waals surface area contributed by atoms with E-state index in [1.165, 1.54) is 4.90 Å². The van der Waals surface area contributed by atoms with Gasteiger partial charge in [0.15, 0.2) is 0 Å². The summed E-state index contributed by atoms with van der Waals surface area (Å²) in [5.74, 6) is -1.54. The summed E-state index contributed by atoms with van der Waals surface area (Å²) in [4.78, 5) is 36.4. The first kappa shape index (κ1) is 25.3. The van der Waals surface area contributed by atoms with E-state index in [0.29, 0.717) is 29.7 Å². The van der Waals surface area contributed by atoms with Crippen LogP contribution in [0.15, 0.2) is 60.7 Å². The van der Waals surface area contributed by atoms with Gasteiger partial charge >= 0.3 is 12.0 Å². The lowest BCUT2D eigenvalue weighted by molar-refractivity contribution is -0.149. The topological polar surface area (TPSA) is 125 Å². The second-order valence-electron chi connectivity index (χ2n) is 8.49. The average Bonchev–Trinajstić information content (AvgIpc) is 3.03. The number of para-hydroxylation sites is 1. The first-order chi connectivity index (χ1) is 17.4. The fourth-order valence-electron chi connectivity index (χ4n) is 4.64. The van der Waals surface area contributed by atoms with E-state index < -0.39 is 17.6 Å². The molecule has 9 nitrogen and oxygen atoms in total. The van der Waals surface area contributed by atoms with Crippen LogP contribution in [0.4, 0.5) is 5.69 Å². The Labute approximate surface area is 209 Å². The van der Waals surface area contributed by atoms with Crippen LogP contribution in [-0.4, -0.2) is 57.9 Å². The normalized spacial score (nSPS) is 18.3. The lowest BCUT2D eigenvalue weighted by Gasteiger charge is -2.39. The number of amides is 1. The van der Waals surface area contributed by atoms with Gasteiger partial charge < -0.3 is 19.8 Å². The SMILES string of the molecule is CCc1cc(CC)nc(O[C@H](C(=O)O)[C@@]2(c3ccccc3)NCC(=O)N(CCO)c3ccccc32)n1. The standard InChI is InChI=1S/C27H30N4O5/c1-3-19-16-20(4-2)30-26(29-19)36-24(25(34)35)27(18-10-6-5-7-11-18)21-12-8-9-13-22(21)31(14-15-32)23(33)17-28-27/h5-13,16,24,28,32H,3-4,14-15,17H2,1-2H3,(H,34,35)/t24-,27+/m1/s1. The number of fused-ring (bicyclic) bond motifs is 1. The van der Waals surface area contributed by atoms with Crippen LogP contribution in [0.1, 0.15) is 36.4 Å². The molecule has 0 saturated carbocycles. The molecule has 2 atom stereocenters. The summed E-state index contributed by atoms with van der Waals surface area (Å²) in [7, 11) is 0. The third-order valence-corrected chi connectivity index (χ3v) is 6.37. The van der Waals surface area contributed by atoms with Crippen LogP contribution < -0.4 is 15.0 Å². The Morgan fingerprint density at radius 2 is 1.72 bits per heavy atom. The highest BCUT2D eigenvalue weighted by atomic mass is 16.5. The van der Waals surface area contributed by atoms with Crippen molar-refractivity contribution in [2.45, 2.75) is 38.3 Å². The maximum absolute atomic E-state index is 13.1. The number of anilines is 1. The summed E-state index contributed by atoms with van der Waals surface area (Å²) in [5, 5.41) is 23.4. The average molecular weight is 491 g/mol. The molecule has 1 aromatic heterocycles. The molecule has 0 unspecified atom stereocenters. The van der Waals surface area contributed by atoms with Gasteiger partial charge in [-0.1, -0.05) is 62.4 Å². The number of nitrogens with zero attached hydrogens (tertiary/aromatic N) is 3. The Morgan fingerprint density at radius 1 is 1.08 bits per heavy atom. The predicted octanol–water partition coefficient (Wildman–Crippen LogP) is 2.31. The molecule has 1 aliphatic heterocycles. The molecule has 0 aliphatic carbocycles. The highest BCUT2D eigenvalue weighted by molar-refractivity contribution is 5.97. The van der Waals surface area contributed by atoms with Crippen LogP contribution in [0, 0.1) is 0 Å². The number of benzene rings is 2. The number of rotatable bonds is 9. The van der Waals surface area contributed by atoms with Crippen LogP contribution in [0.25, 0.3) is 0 Å². The number of nitrogens with one attached hydrogen (secondary N) is 1. The molecule has 0 radical (unpaired) electrons. The number of aliphatic hydroxyl groups excluding tert-OH is 1. The molecule has 9 heteroatoms. The fraction of sp³-hybridized carbons (Fsp3) is 0.333. The summed E-state index contributed by atoms with van der Waals surface area (Å²) >= 11 is 0. The molecule has 0 saturated heterocycles. The van der Waals surface area contributed by atoms with E-state index in [2.05, 4.69) is 15.3 Å². The summed E-state index contributed by atoms with van der Waals surface area (Å²) < 4.78 is 6.14. The molecule has 4 rings (SSSR count). The number of hydrogen-bond donors (Lipinski definition) is 3. The molecule has 0 bridgehead atoms. The minimum Gasteiger partial charge on any atom is -0.478 e. The van der Waals surface area contributed by atoms with E-state index >= 15 is 0 Å². The number of aromatic nitrogens is 2. The van der Waals surface area contributed by atoms with Gasteiger partial charge in [-0.3, -0.25) is 10.1 Å². The van der Waals surface area contributed by atoms with Gasteiger partial charge in [0.25, 0.3) is 0 Å². The lowest BCUT2D eigenvalue weighted by Crippen LogP contribution is -2.58. The van der Waals surface area contributed by atoms with Crippen LogP contribution in [0.5, 0.6) is 6.01 Å². The molecule has 1 aliphatic rings. The molecule has 1 amide bonds. The number of β-amino-alcohol motifs (C(OH)–C–C–N with tert-alkyl or cyclic N) is 1. The van der Waals surface area contributed by atoms with Gasteiger partial charge in [-0.15, -0.1) is 0 Å². The molecule has 36 heavy (non-hydrogen) atoms. The van der Waals surface area contributed by atoms with Gasteiger partial charge in [0.2, 0.25) is 12.0 Å². The third kappa shape index (κ3) is 4.67. The number of carboxylic acid groups (broad SMARTS) is 1. The monoisotopic (exact) mass is 490 g/mol. The van der Waals surface area contributed by atoms with E-state index in [1.807, 2.05) is 38.1 Å². The first-order valence-electron chi connectivity index (χ1n) is 12.0. The molecule has 2 heterocycles. The van der Waals surface area contributed by atoms with Crippen molar-refractivity contribution < 1.29 is 24.5 Å². The van der Waals surface area contributed by atoms with Crippen molar-refractivity contribution in [1.82, 2.24) is 15.3 Å². The van der Waals surface area contributed by atoms with Crippen LogP contribution in [0.3, 0.4) is 0 Å². The van der Waals surface area contributed by atoms with Gasteiger partial charge in [0.05, 0.1) is 13.2 Å². The van der Waals surface area contributed by atoms with Crippen molar-refractivity contribution in [1.29, 1.82) is 0 Å². The molecule has 3 N–H and O–H groups in total. The Hall–Kier alpha value is -3.82. The van der Waals surface area contributed by atoms with Gasteiger partial charge in [-0.25, -0.2) is 14.8 Å². The number of aryl methyl sites for hydroxylation is 2. The fourth-order valence-corrected chi connectivity index (χ4v) is 4.64. The van der Waals surface area contributed by atoms with Gasteiger partial charge in [-0.2, -0.15) is 0 Å². The van der Waals surface area contributed by atoms with Gasteiger partial charge in [-0.05, 0) is 30.5 Å². The number of carbonyl (C=O) groups is 2. The predicted molar refractivity (Wildman–Crippen MR) is 134 cm³/mol. The minimum absolute atomic E-state index is 0.0315. The number of aliphatic carboxylic acids is 1. The molecule has 0 fully saturated rings. The summed E-state index contributed by atoms with van der Waals surface area (Å²) in [6, 6.07) is 18.0. The molecule has 2 aromatic carbocycles. The van der Waals surface area contributed by atoms with E-state index in [1.54, 1.807) is 36.4 Å². The van der Waals surface area contributed by atoms with Crippen LogP contribution in [-0.2, 0) is 28.0 Å². The van der Waals surface area contributed by atoms with Crippen molar-refractivity contribution in [3.05, 3.63) is 83.2 Å². The van der Waals surface area contributed by atoms with Crippen molar-refractivity contribution in [2.24, 2.45) is 0 Å². The molecular weight excluding hydrogens is 460 g/mol. The van der Waals surface area contributed by atoms with Crippen LogP contribution in [0.2, 0.25) is 0 Å². The highest BCUT2D eigenvalue weighted by Gasteiger charge is 2.52. The summed E-state index contributed by atoms with van der Waals surface area (Å²) in [6.45, 7) is 3.57. The summed E-state index contributed by atoms with van der Waals surface area (Å²) in [5.41, 5.74) is 1.65. The van der Waals surface area contributed by atoms with Crippen LogP contribution >= 0.6 is 0 Å². The third-order valence-electron chi connectivity index (χ3n) is 6.37. The van der Waals surface area contributed by atoms with Gasteiger partial charge in [0, 0.05) is 29.2 Å². The molecule has 0 spiro atoms. The Bertz CT molecular complexity index is 1210. The smallest absolute Gasteiger partial charge is 0.347 e. The van der Waals surface area contributed by atoms with Gasteiger partial charge in [0.1, 0.15) is 5.54 Å². The Balaban J connectivity index is 1.97. The zero-order valence-corrected chi connectivity index (χ0v) is 20.3. The molecule has 3 aromatic rings. The van der Waals surface area contributed by atoms with Crippen molar-refractivity contribution in [3.8, 4) is 6.01 Å². The maximum atomic E-state index is 13.1. The Morgan fingerprint density at radius 3 is 2.33 bits per heavy atom. The van der Waals surface area contributed by atoms with Crippen molar-refractivity contribution in [2.75, 3.05) is 24.6 Å². The minimum atomic E-state index is -1.53. The van der Waals surface area contributed by atoms with E-state index in [0.717, 1.165) is 11.4 Å². The largest absolute Gasteiger partial charge is 0.478 e. The molecular formula is C27H30N4O5. The zero-order chi connectivity index (χ0) is 25.7. The van der Waals surface area contributed by atoms with E-state index in [4.69, 9.17) is 4.74 Å². The zero-order valence-electron chi connectivity index (χ0n) is 20.3. The second-order valence-corrected chi connectivity index (χ2v) is 8.49. The quantitative estimate of drug-likeness (QED) is 0.417. The molecule has 188 valence electrons. The first-order valence-corrected chi connectivity index (χ1v) is 12.0. The van der Waals surface area contributed by atoms with Crippen molar-refractivity contribution in [3.63, 3.8) is 0 Å². The summed E-state index contributed by atoms with van der Waals surface area (Å²) in [6.07, 6.45) is -0.252. The van der Waals surface area contributed by atoms with Crippen molar-refractivity contribution >= 4 is 17.6 Å². The number of carbonyl (C=O) groups excluding carboxylic acids is 1. The number of carboxylic acids is 1. The lowest BCUT2D eigenvalue weighted by atomic mass is 9.77. The van der Waals surface area contributed by atoms with E-state index in [9.17, 15) is 19.8 Å². The highest BCUT2D eigenvalue weighted by Crippen LogP contribution is 2.42. The number of aliphatic hydroxyl groups is 1. The maximum Gasteiger partial charge on any atom is 0.347 e.